The number of hydrogen-bond donors (Lipinski definition) is 1. The van der Waals surface area contributed by atoms with Gasteiger partial charge in [-0.3, -0.25) is 0 Å². The minimum Gasteiger partial charge on any atom is -0.358 e. The predicted molar refractivity (Wildman–Crippen MR) is 84.6 cm³/mol. The standard InChI is InChI=1S/C13H18ClN7/c14-12-16-9-10(17-12)18-13(21-7-3-15-4-8-21)19-11(9)20-5-1-2-6-20/h9,15H,1-8H2. The molecule has 21 heavy (non-hydrogen) atoms. The first-order chi connectivity index (χ1) is 10.3. The van der Waals surface area contributed by atoms with Crippen molar-refractivity contribution in [3.63, 3.8) is 0 Å². The van der Waals surface area contributed by atoms with Crippen molar-refractivity contribution in [1.82, 2.24) is 15.1 Å². The number of fused-ring (bicyclic) bond motifs is 1. The van der Waals surface area contributed by atoms with Crippen LogP contribution in [0.25, 0.3) is 0 Å². The average molecular weight is 308 g/mol. The summed E-state index contributed by atoms with van der Waals surface area (Å²) in [6.45, 7) is 5.82. The fourth-order valence-electron chi connectivity index (χ4n) is 3.10. The Kier molecular flexibility index (Phi) is 3.39. The van der Waals surface area contributed by atoms with Crippen molar-refractivity contribution in [2.24, 2.45) is 20.0 Å². The van der Waals surface area contributed by atoms with Gasteiger partial charge < -0.3 is 15.1 Å². The number of guanidine groups is 1. The molecule has 4 aliphatic rings. The van der Waals surface area contributed by atoms with Crippen LogP contribution in [0.3, 0.4) is 0 Å². The fourth-order valence-corrected chi connectivity index (χ4v) is 3.28. The maximum atomic E-state index is 5.99. The summed E-state index contributed by atoms with van der Waals surface area (Å²) in [6.07, 6.45) is 2.41. The highest BCUT2D eigenvalue weighted by atomic mass is 35.5. The second kappa shape index (κ2) is 5.38. The van der Waals surface area contributed by atoms with Crippen LogP contribution >= 0.6 is 11.6 Å². The maximum Gasteiger partial charge on any atom is 0.229 e. The summed E-state index contributed by atoms with van der Waals surface area (Å²) in [4.78, 5) is 22.6. The molecule has 0 aromatic carbocycles. The highest BCUT2D eigenvalue weighted by Gasteiger charge is 2.36. The number of rotatable bonds is 0. The van der Waals surface area contributed by atoms with E-state index in [1.807, 2.05) is 0 Å². The van der Waals surface area contributed by atoms with E-state index in [2.05, 4.69) is 30.1 Å². The van der Waals surface area contributed by atoms with Crippen LogP contribution in [-0.2, 0) is 0 Å². The molecule has 0 aromatic rings. The van der Waals surface area contributed by atoms with Gasteiger partial charge in [0.25, 0.3) is 0 Å². The van der Waals surface area contributed by atoms with Gasteiger partial charge in [-0.15, -0.1) is 0 Å². The van der Waals surface area contributed by atoms with E-state index in [4.69, 9.17) is 16.6 Å². The molecule has 1 atom stereocenters. The topological polar surface area (TPSA) is 68.0 Å². The van der Waals surface area contributed by atoms with Crippen LogP contribution in [0, 0.1) is 0 Å². The third kappa shape index (κ3) is 2.44. The fraction of sp³-hybridized carbons (Fsp3) is 0.692. The van der Waals surface area contributed by atoms with Crippen molar-refractivity contribution in [3.8, 4) is 0 Å². The van der Waals surface area contributed by atoms with Gasteiger partial charge in [0.15, 0.2) is 11.9 Å². The Morgan fingerprint density at radius 2 is 1.71 bits per heavy atom. The molecule has 0 amide bonds. The van der Waals surface area contributed by atoms with Crippen molar-refractivity contribution < 1.29 is 0 Å². The smallest absolute Gasteiger partial charge is 0.229 e. The number of piperazine rings is 1. The lowest BCUT2D eigenvalue weighted by Gasteiger charge is -2.32. The summed E-state index contributed by atoms with van der Waals surface area (Å²) in [5, 5.41) is 3.63. The van der Waals surface area contributed by atoms with Gasteiger partial charge in [-0.2, -0.15) is 9.98 Å². The number of nitrogens with zero attached hydrogens (tertiary/aromatic N) is 6. The highest BCUT2D eigenvalue weighted by molar-refractivity contribution is 6.66. The Bertz CT molecular complexity index is 553. The first-order valence-corrected chi connectivity index (χ1v) is 7.89. The molecule has 7 nitrogen and oxygen atoms in total. The van der Waals surface area contributed by atoms with E-state index in [-0.39, 0.29) is 11.3 Å². The Labute approximate surface area is 128 Å². The van der Waals surface area contributed by atoms with E-state index in [0.29, 0.717) is 5.84 Å². The van der Waals surface area contributed by atoms with Crippen molar-refractivity contribution in [1.29, 1.82) is 0 Å². The van der Waals surface area contributed by atoms with Crippen LogP contribution in [0.2, 0.25) is 0 Å². The summed E-state index contributed by atoms with van der Waals surface area (Å²) in [7, 11) is 0. The number of halogens is 1. The molecule has 0 aromatic heterocycles. The van der Waals surface area contributed by atoms with Gasteiger partial charge in [-0.05, 0) is 24.4 Å². The molecule has 0 saturated carbocycles. The number of nitrogens with one attached hydrogen (secondary N) is 1. The summed E-state index contributed by atoms with van der Waals surface area (Å²) >= 11 is 5.99. The molecule has 4 rings (SSSR count). The second-order valence-electron chi connectivity index (χ2n) is 5.58. The zero-order valence-corrected chi connectivity index (χ0v) is 12.6. The van der Waals surface area contributed by atoms with Gasteiger partial charge in [0.1, 0.15) is 5.84 Å². The molecule has 1 unspecified atom stereocenters. The summed E-state index contributed by atoms with van der Waals surface area (Å²) in [5.74, 6) is 2.41. The van der Waals surface area contributed by atoms with E-state index in [0.717, 1.165) is 51.1 Å². The summed E-state index contributed by atoms with van der Waals surface area (Å²) in [6, 6.07) is -0.206. The molecular weight excluding hydrogens is 290 g/mol. The maximum absolute atomic E-state index is 5.99. The molecule has 112 valence electrons. The van der Waals surface area contributed by atoms with Crippen molar-refractivity contribution in [2.45, 2.75) is 18.9 Å². The van der Waals surface area contributed by atoms with E-state index in [9.17, 15) is 0 Å². The van der Waals surface area contributed by atoms with Gasteiger partial charge in [0.2, 0.25) is 11.3 Å². The lowest BCUT2D eigenvalue weighted by atomic mass is 10.2. The first kappa shape index (κ1) is 13.2. The molecular formula is C13H18ClN7. The lowest BCUT2D eigenvalue weighted by molar-refractivity contribution is 0.353. The van der Waals surface area contributed by atoms with Gasteiger partial charge in [0.05, 0.1) is 0 Å². The third-order valence-corrected chi connectivity index (χ3v) is 4.37. The Balaban J connectivity index is 1.67. The predicted octanol–water partition coefficient (Wildman–Crippen LogP) is 0.131. The minimum atomic E-state index is -0.206. The van der Waals surface area contributed by atoms with Crippen LogP contribution in [0.5, 0.6) is 0 Å². The van der Waals surface area contributed by atoms with Crippen molar-refractivity contribution in [3.05, 3.63) is 0 Å². The van der Waals surface area contributed by atoms with Gasteiger partial charge in [-0.25, -0.2) is 9.98 Å². The molecule has 8 heteroatoms. The minimum absolute atomic E-state index is 0.206. The van der Waals surface area contributed by atoms with Gasteiger partial charge in [0, 0.05) is 39.3 Å². The SMILES string of the molecule is ClC1=NC2C(=N1)N=C(N1CCNCC1)N=C2N1CCCC1. The van der Waals surface area contributed by atoms with Crippen LogP contribution in [0.15, 0.2) is 20.0 Å². The van der Waals surface area contributed by atoms with Crippen molar-refractivity contribution >= 4 is 34.5 Å². The van der Waals surface area contributed by atoms with E-state index >= 15 is 0 Å². The third-order valence-electron chi connectivity index (χ3n) is 4.19. The number of amidine groups is 3. The summed E-state index contributed by atoms with van der Waals surface area (Å²) < 4.78 is 0. The molecule has 0 aliphatic carbocycles. The Morgan fingerprint density at radius 1 is 0.952 bits per heavy atom. The molecule has 1 N–H and O–H groups in total. The zero-order chi connectivity index (χ0) is 14.2. The average Bonchev–Trinajstić information content (AvgIpc) is 3.15. The van der Waals surface area contributed by atoms with E-state index < -0.39 is 0 Å². The number of aliphatic imine (C=N–C) groups is 4. The van der Waals surface area contributed by atoms with E-state index in [1.165, 1.54) is 12.8 Å². The lowest BCUT2D eigenvalue weighted by Crippen LogP contribution is -2.50. The number of likely N-dealkylation sites (tertiary alicyclic amines) is 1. The highest BCUT2D eigenvalue weighted by Crippen LogP contribution is 2.21. The number of hydrogen-bond acceptors (Lipinski definition) is 7. The van der Waals surface area contributed by atoms with Gasteiger partial charge >= 0.3 is 0 Å². The van der Waals surface area contributed by atoms with E-state index in [1.54, 1.807) is 0 Å². The molecule has 2 saturated heterocycles. The molecule has 0 spiro atoms. The first-order valence-electron chi connectivity index (χ1n) is 7.51. The van der Waals surface area contributed by atoms with Crippen LogP contribution in [0.4, 0.5) is 0 Å². The Morgan fingerprint density at radius 3 is 2.48 bits per heavy atom. The van der Waals surface area contributed by atoms with Crippen LogP contribution < -0.4 is 5.32 Å². The molecule has 4 heterocycles. The Hall–Kier alpha value is -1.47. The zero-order valence-electron chi connectivity index (χ0n) is 11.8. The van der Waals surface area contributed by atoms with Gasteiger partial charge in [-0.1, -0.05) is 0 Å². The molecule has 0 radical (unpaired) electrons. The summed E-state index contributed by atoms with van der Waals surface area (Å²) in [5.41, 5.74) is 0. The molecule has 4 aliphatic heterocycles. The van der Waals surface area contributed by atoms with Crippen LogP contribution in [-0.4, -0.2) is 78.0 Å². The van der Waals surface area contributed by atoms with Crippen molar-refractivity contribution in [2.75, 3.05) is 39.3 Å². The second-order valence-corrected chi connectivity index (χ2v) is 5.92. The quantitative estimate of drug-likeness (QED) is 0.647. The monoisotopic (exact) mass is 307 g/mol. The largest absolute Gasteiger partial charge is 0.358 e. The molecule has 2 fully saturated rings. The van der Waals surface area contributed by atoms with Crippen LogP contribution in [0.1, 0.15) is 12.8 Å². The normalized spacial score (nSPS) is 28.9. The molecule has 0 bridgehead atoms.